The van der Waals surface area contributed by atoms with Crippen molar-refractivity contribution < 1.29 is 28.9 Å². The summed E-state index contributed by atoms with van der Waals surface area (Å²) in [4.78, 5) is 27.8. The molecule has 0 saturated carbocycles. The average Bonchev–Trinajstić information content (AvgIpc) is 2.77. The molecule has 0 aliphatic carbocycles. The number of rotatable bonds is 5. The van der Waals surface area contributed by atoms with E-state index in [1.54, 1.807) is 13.2 Å². The summed E-state index contributed by atoms with van der Waals surface area (Å²) in [6, 6.07) is 5.42. The van der Waals surface area contributed by atoms with E-state index in [4.69, 9.17) is 14.2 Å². The molecule has 1 aromatic carbocycles. The molecule has 1 heterocycles. The Balaban J connectivity index is 2.11. The van der Waals surface area contributed by atoms with Crippen molar-refractivity contribution in [2.24, 2.45) is 5.41 Å². The van der Waals surface area contributed by atoms with Gasteiger partial charge in [0.1, 0.15) is 6.54 Å². The zero-order valence-electron chi connectivity index (χ0n) is 17.2. The van der Waals surface area contributed by atoms with E-state index in [-0.39, 0.29) is 44.1 Å². The van der Waals surface area contributed by atoms with E-state index in [2.05, 4.69) is 0 Å². The molecule has 1 aliphatic rings. The fourth-order valence-corrected chi connectivity index (χ4v) is 2.94. The third kappa shape index (κ3) is 5.76. The minimum Gasteiger partial charge on any atom is -0.493 e. The molecule has 1 unspecified atom stereocenters. The summed E-state index contributed by atoms with van der Waals surface area (Å²) in [5.74, 6) is 0.835. The number of β-amino-alcohol motifs (C(OH)–C–C–N with tert-alkyl or cyclic N) is 1. The molecule has 1 aliphatic heterocycles. The standard InChI is InChI=1S/C20H30N2O6/c1-20(2,3)13-28-19(25)22-11-15(23)10-21(17(24)12-22)9-14-7-6-8-16(26-4)18(14)27-5/h6-8,15,23H,9-13H2,1-5H3. The number of aliphatic hydroxyl groups excluding tert-OH is 1. The lowest BCUT2D eigenvalue weighted by Crippen LogP contribution is -2.40. The molecule has 0 radical (unpaired) electrons. The van der Waals surface area contributed by atoms with Gasteiger partial charge in [-0.1, -0.05) is 32.9 Å². The number of hydrogen-bond acceptors (Lipinski definition) is 6. The van der Waals surface area contributed by atoms with Crippen LogP contribution in [0.3, 0.4) is 0 Å². The van der Waals surface area contributed by atoms with Crippen molar-refractivity contribution in [1.29, 1.82) is 0 Å². The number of aliphatic hydroxyl groups is 1. The average molecular weight is 394 g/mol. The Kier molecular flexibility index (Phi) is 7.12. The molecule has 2 amide bonds. The van der Waals surface area contributed by atoms with Gasteiger partial charge in [-0.2, -0.15) is 0 Å². The van der Waals surface area contributed by atoms with Crippen LogP contribution in [0.5, 0.6) is 11.5 Å². The van der Waals surface area contributed by atoms with E-state index in [0.29, 0.717) is 11.5 Å². The Morgan fingerprint density at radius 3 is 2.54 bits per heavy atom. The number of ether oxygens (including phenoxy) is 3. The van der Waals surface area contributed by atoms with Crippen LogP contribution in [0.2, 0.25) is 0 Å². The van der Waals surface area contributed by atoms with Crippen molar-refractivity contribution in [1.82, 2.24) is 9.80 Å². The number of para-hydroxylation sites is 1. The quantitative estimate of drug-likeness (QED) is 0.821. The fourth-order valence-electron chi connectivity index (χ4n) is 2.94. The summed E-state index contributed by atoms with van der Waals surface area (Å²) in [5.41, 5.74) is 0.574. The van der Waals surface area contributed by atoms with Gasteiger partial charge in [0.05, 0.1) is 33.5 Å². The van der Waals surface area contributed by atoms with Crippen molar-refractivity contribution in [3.8, 4) is 11.5 Å². The van der Waals surface area contributed by atoms with Gasteiger partial charge in [0, 0.05) is 18.7 Å². The van der Waals surface area contributed by atoms with Gasteiger partial charge in [-0.25, -0.2) is 4.79 Å². The van der Waals surface area contributed by atoms with Gasteiger partial charge in [-0.15, -0.1) is 0 Å². The van der Waals surface area contributed by atoms with Gasteiger partial charge in [-0.05, 0) is 11.5 Å². The molecule has 8 heteroatoms. The van der Waals surface area contributed by atoms with Crippen LogP contribution in [0.1, 0.15) is 26.3 Å². The zero-order chi connectivity index (χ0) is 20.9. The monoisotopic (exact) mass is 394 g/mol. The summed E-state index contributed by atoms with van der Waals surface area (Å²) >= 11 is 0. The lowest BCUT2D eigenvalue weighted by molar-refractivity contribution is -0.132. The summed E-state index contributed by atoms with van der Waals surface area (Å²) in [5, 5.41) is 10.3. The van der Waals surface area contributed by atoms with Crippen molar-refractivity contribution in [2.75, 3.05) is 40.5 Å². The van der Waals surface area contributed by atoms with Gasteiger partial charge < -0.3 is 24.2 Å². The first kappa shape index (κ1) is 21.8. The third-order valence-electron chi connectivity index (χ3n) is 4.27. The van der Waals surface area contributed by atoms with E-state index < -0.39 is 12.2 Å². The maximum atomic E-state index is 12.7. The Morgan fingerprint density at radius 1 is 1.21 bits per heavy atom. The van der Waals surface area contributed by atoms with Crippen LogP contribution in [0.4, 0.5) is 4.79 Å². The molecule has 8 nitrogen and oxygen atoms in total. The second-order valence-corrected chi connectivity index (χ2v) is 8.08. The largest absolute Gasteiger partial charge is 0.493 e. The molecular weight excluding hydrogens is 364 g/mol. The van der Waals surface area contributed by atoms with E-state index >= 15 is 0 Å². The van der Waals surface area contributed by atoms with Crippen molar-refractivity contribution in [3.63, 3.8) is 0 Å². The first-order valence-electron chi connectivity index (χ1n) is 9.22. The summed E-state index contributed by atoms with van der Waals surface area (Å²) in [6.45, 7) is 6.33. The Labute approximate surface area is 166 Å². The highest BCUT2D eigenvalue weighted by atomic mass is 16.6. The van der Waals surface area contributed by atoms with Crippen LogP contribution in [-0.4, -0.2) is 73.5 Å². The molecule has 1 fully saturated rings. The van der Waals surface area contributed by atoms with E-state index in [9.17, 15) is 14.7 Å². The van der Waals surface area contributed by atoms with Crippen molar-refractivity contribution in [2.45, 2.75) is 33.4 Å². The maximum absolute atomic E-state index is 12.7. The smallest absolute Gasteiger partial charge is 0.410 e. The minimum atomic E-state index is -0.870. The Hall–Kier alpha value is -2.48. The number of carbonyl (C=O) groups excluding carboxylic acids is 2. The molecule has 1 atom stereocenters. The van der Waals surface area contributed by atoms with E-state index in [1.807, 2.05) is 32.9 Å². The number of hydrogen-bond donors (Lipinski definition) is 1. The SMILES string of the molecule is COc1cccc(CN2CC(O)CN(C(=O)OCC(C)(C)C)CC2=O)c1OC. The predicted octanol–water partition coefficient (Wildman–Crippen LogP) is 1.89. The number of amides is 2. The lowest BCUT2D eigenvalue weighted by atomic mass is 9.99. The minimum absolute atomic E-state index is 0.0421. The second-order valence-electron chi connectivity index (χ2n) is 8.08. The Morgan fingerprint density at radius 2 is 1.93 bits per heavy atom. The van der Waals surface area contributed by atoms with Gasteiger partial charge in [0.15, 0.2) is 11.5 Å². The normalized spacial score (nSPS) is 17.9. The highest BCUT2D eigenvalue weighted by Gasteiger charge is 2.31. The second kappa shape index (κ2) is 9.14. The number of benzene rings is 1. The third-order valence-corrected chi connectivity index (χ3v) is 4.27. The molecule has 0 spiro atoms. The van der Waals surface area contributed by atoms with Gasteiger partial charge in [0.25, 0.3) is 0 Å². The molecule has 1 aromatic rings. The Bertz CT molecular complexity index is 700. The van der Waals surface area contributed by atoms with Crippen molar-refractivity contribution in [3.05, 3.63) is 23.8 Å². The highest BCUT2D eigenvalue weighted by Crippen LogP contribution is 2.31. The van der Waals surface area contributed by atoms with Crippen molar-refractivity contribution >= 4 is 12.0 Å². The molecule has 0 bridgehead atoms. The molecule has 2 rings (SSSR count). The number of methoxy groups -OCH3 is 2. The number of carbonyl (C=O) groups is 2. The zero-order valence-corrected chi connectivity index (χ0v) is 17.2. The summed E-state index contributed by atoms with van der Waals surface area (Å²) < 4.78 is 16.0. The highest BCUT2D eigenvalue weighted by molar-refractivity contribution is 5.83. The van der Waals surface area contributed by atoms with Crippen LogP contribution in [0, 0.1) is 5.41 Å². The van der Waals surface area contributed by atoms with Gasteiger partial charge >= 0.3 is 6.09 Å². The molecule has 156 valence electrons. The summed E-state index contributed by atoms with van der Waals surface area (Å²) in [7, 11) is 3.08. The first-order chi connectivity index (χ1) is 13.1. The molecule has 1 N–H and O–H groups in total. The summed E-state index contributed by atoms with van der Waals surface area (Å²) in [6.07, 6.45) is -1.46. The molecule has 1 saturated heterocycles. The topological polar surface area (TPSA) is 88.5 Å². The fraction of sp³-hybridized carbons (Fsp3) is 0.600. The molecule has 0 aromatic heterocycles. The van der Waals surface area contributed by atoms with Crippen LogP contribution < -0.4 is 9.47 Å². The van der Waals surface area contributed by atoms with E-state index in [1.165, 1.54) is 16.9 Å². The molecular formula is C20H30N2O6. The van der Waals surface area contributed by atoms with Crippen LogP contribution in [0.25, 0.3) is 0 Å². The van der Waals surface area contributed by atoms with Gasteiger partial charge in [-0.3, -0.25) is 9.69 Å². The van der Waals surface area contributed by atoms with Crippen LogP contribution in [0.15, 0.2) is 18.2 Å². The van der Waals surface area contributed by atoms with Gasteiger partial charge in [0.2, 0.25) is 5.91 Å². The first-order valence-corrected chi connectivity index (χ1v) is 9.22. The predicted molar refractivity (Wildman–Crippen MR) is 103 cm³/mol. The van der Waals surface area contributed by atoms with E-state index in [0.717, 1.165) is 5.56 Å². The van der Waals surface area contributed by atoms with Crippen LogP contribution in [-0.2, 0) is 16.1 Å². The maximum Gasteiger partial charge on any atom is 0.410 e. The lowest BCUT2D eigenvalue weighted by Gasteiger charge is -2.24. The molecule has 28 heavy (non-hydrogen) atoms. The van der Waals surface area contributed by atoms with Crippen LogP contribution >= 0.6 is 0 Å². The number of nitrogens with zero attached hydrogens (tertiary/aromatic N) is 2.